The van der Waals surface area contributed by atoms with Gasteiger partial charge in [0.1, 0.15) is 19.4 Å². The van der Waals surface area contributed by atoms with Gasteiger partial charge in [0.25, 0.3) is 0 Å². The monoisotopic (exact) mass is 429 g/mol. The van der Waals surface area contributed by atoms with Crippen LogP contribution in [-0.4, -0.2) is 30.0 Å². The first-order chi connectivity index (χ1) is 14.4. The molecule has 0 saturated heterocycles. The molecule has 0 spiro atoms. The van der Waals surface area contributed by atoms with E-state index in [0.29, 0.717) is 25.4 Å². The molecule has 2 radical (unpaired) electrons. The first-order valence-electron chi connectivity index (χ1n) is 10.3. The van der Waals surface area contributed by atoms with Crippen molar-refractivity contribution in [3.63, 3.8) is 0 Å². The fourth-order valence-electron chi connectivity index (χ4n) is 3.11. The predicted octanol–water partition coefficient (Wildman–Crippen LogP) is 5.41. The van der Waals surface area contributed by atoms with Gasteiger partial charge in [-0.25, -0.2) is 0 Å². The van der Waals surface area contributed by atoms with Crippen LogP contribution in [-0.2, 0) is 27.1 Å². The minimum atomic E-state index is -3.06. The lowest BCUT2D eigenvalue weighted by Crippen LogP contribution is -2.11. The SMILES string of the molecule is [B]C(CCC(=O)O)CC(C)CC[P+](O)(OCc1ccccc1)OCc1ccccc1. The summed E-state index contributed by atoms with van der Waals surface area (Å²) in [6, 6.07) is 19.4. The molecule has 0 fully saturated rings. The highest BCUT2D eigenvalue weighted by atomic mass is 31.2. The number of hydrogen-bond donors (Lipinski definition) is 2. The maximum atomic E-state index is 11.2. The van der Waals surface area contributed by atoms with Crippen LogP contribution in [0, 0.1) is 5.92 Å². The predicted molar refractivity (Wildman–Crippen MR) is 121 cm³/mol. The Morgan fingerprint density at radius 2 is 1.47 bits per heavy atom. The van der Waals surface area contributed by atoms with Gasteiger partial charge in [0.15, 0.2) is 0 Å². The second kappa shape index (κ2) is 12.9. The highest BCUT2D eigenvalue weighted by molar-refractivity contribution is 7.60. The van der Waals surface area contributed by atoms with E-state index in [1.807, 2.05) is 60.7 Å². The fraction of sp³-hybridized carbons (Fsp3) is 0.435. The quantitative estimate of drug-likeness (QED) is 0.310. The lowest BCUT2D eigenvalue weighted by atomic mass is 9.77. The number of hydrogen-bond acceptors (Lipinski definition) is 4. The van der Waals surface area contributed by atoms with E-state index in [0.717, 1.165) is 11.1 Å². The number of rotatable bonds is 14. The Morgan fingerprint density at radius 3 is 1.93 bits per heavy atom. The lowest BCUT2D eigenvalue weighted by Gasteiger charge is -2.21. The van der Waals surface area contributed by atoms with E-state index in [1.54, 1.807) is 0 Å². The van der Waals surface area contributed by atoms with E-state index in [9.17, 15) is 9.69 Å². The Balaban J connectivity index is 1.91. The van der Waals surface area contributed by atoms with E-state index < -0.39 is 13.9 Å². The van der Waals surface area contributed by atoms with Crippen LogP contribution in [0.15, 0.2) is 60.7 Å². The summed E-state index contributed by atoms with van der Waals surface area (Å²) < 4.78 is 11.8. The summed E-state index contributed by atoms with van der Waals surface area (Å²) in [4.78, 5) is 21.9. The maximum Gasteiger partial charge on any atom is 0.409 e. The first kappa shape index (κ1) is 24.6. The summed E-state index contributed by atoms with van der Waals surface area (Å²) in [7, 11) is 2.99. The topological polar surface area (TPSA) is 76.0 Å². The molecule has 0 heterocycles. The second-order valence-corrected chi connectivity index (χ2v) is 9.94. The standard InChI is InChI=1S/C23H30BO5P/c1-19(16-22(24)12-13-23(25)26)14-15-30(27,28-17-20-8-4-2-5-9-20)29-18-21-10-6-3-7-11-21/h2-11,19,22,27H,12-18H2,1H3/p+1. The van der Waals surface area contributed by atoms with Crippen molar-refractivity contribution in [2.75, 3.05) is 6.16 Å². The molecule has 2 unspecified atom stereocenters. The van der Waals surface area contributed by atoms with Crippen molar-refractivity contribution in [1.82, 2.24) is 0 Å². The molecule has 30 heavy (non-hydrogen) atoms. The van der Waals surface area contributed by atoms with Gasteiger partial charge < -0.3 is 5.11 Å². The Labute approximate surface area is 181 Å². The molecule has 7 heteroatoms. The van der Waals surface area contributed by atoms with E-state index in [1.165, 1.54) is 0 Å². The molecular weight excluding hydrogens is 398 g/mol. The molecule has 2 rings (SSSR count). The van der Waals surface area contributed by atoms with Gasteiger partial charge in [-0.15, -0.1) is 0 Å². The van der Waals surface area contributed by atoms with E-state index in [-0.39, 0.29) is 31.4 Å². The molecule has 0 amide bonds. The molecule has 5 nitrogen and oxygen atoms in total. The summed E-state index contributed by atoms with van der Waals surface area (Å²) >= 11 is 0. The molecule has 0 saturated carbocycles. The average molecular weight is 429 g/mol. The molecule has 2 aromatic carbocycles. The second-order valence-electron chi connectivity index (χ2n) is 7.70. The summed E-state index contributed by atoms with van der Waals surface area (Å²) in [5.41, 5.74) is 1.95. The highest BCUT2D eigenvalue weighted by Gasteiger charge is 2.41. The van der Waals surface area contributed by atoms with Gasteiger partial charge in [-0.2, -0.15) is 13.9 Å². The van der Waals surface area contributed by atoms with Gasteiger partial charge in [-0.05, 0) is 29.9 Å². The number of carbonyl (C=O) groups is 1. The van der Waals surface area contributed by atoms with Crippen LogP contribution in [0.25, 0.3) is 0 Å². The number of carboxylic acid groups (broad SMARTS) is 1. The van der Waals surface area contributed by atoms with Crippen LogP contribution in [0.4, 0.5) is 0 Å². The molecule has 0 aliphatic rings. The molecule has 160 valence electrons. The zero-order valence-electron chi connectivity index (χ0n) is 17.5. The molecule has 0 aliphatic heterocycles. The van der Waals surface area contributed by atoms with Gasteiger partial charge in [-0.3, -0.25) is 4.79 Å². The third-order valence-electron chi connectivity index (χ3n) is 4.89. The number of carboxylic acids is 1. The number of benzene rings is 2. The van der Waals surface area contributed by atoms with Gasteiger partial charge in [0.05, 0.1) is 7.85 Å². The average Bonchev–Trinajstić information content (AvgIpc) is 2.75. The van der Waals surface area contributed by atoms with Crippen LogP contribution < -0.4 is 0 Å². The molecule has 0 aromatic heterocycles. The van der Waals surface area contributed by atoms with Crippen LogP contribution in [0.3, 0.4) is 0 Å². The van der Waals surface area contributed by atoms with E-state index in [4.69, 9.17) is 22.0 Å². The van der Waals surface area contributed by atoms with Crippen LogP contribution in [0.1, 0.15) is 43.7 Å². The molecule has 0 bridgehead atoms. The molecule has 2 atom stereocenters. The fourth-order valence-corrected chi connectivity index (χ4v) is 4.91. The maximum absolute atomic E-state index is 11.2. The normalized spacial score (nSPS) is 13.7. The molecule has 2 N–H and O–H groups in total. The first-order valence-corrected chi connectivity index (χ1v) is 12.1. The number of aliphatic carboxylic acids is 1. The minimum Gasteiger partial charge on any atom is -0.481 e. The zero-order valence-corrected chi connectivity index (χ0v) is 18.4. The summed E-state index contributed by atoms with van der Waals surface area (Å²) in [6.45, 7) is 2.62. The van der Waals surface area contributed by atoms with Crippen molar-refractivity contribution in [3.05, 3.63) is 71.8 Å². The van der Waals surface area contributed by atoms with Crippen molar-refractivity contribution in [3.8, 4) is 0 Å². The van der Waals surface area contributed by atoms with Gasteiger partial charge in [-0.1, -0.05) is 79.8 Å². The van der Waals surface area contributed by atoms with Gasteiger partial charge in [0.2, 0.25) is 0 Å². The Hall–Kier alpha value is -1.72. The minimum absolute atomic E-state index is 0.0746. The molecule has 0 aliphatic carbocycles. The smallest absolute Gasteiger partial charge is 0.409 e. The Morgan fingerprint density at radius 1 is 0.967 bits per heavy atom. The van der Waals surface area contributed by atoms with E-state index in [2.05, 4.69) is 6.92 Å². The van der Waals surface area contributed by atoms with Crippen molar-refractivity contribution in [2.45, 2.75) is 51.6 Å². The van der Waals surface area contributed by atoms with Crippen molar-refractivity contribution < 1.29 is 23.8 Å². The van der Waals surface area contributed by atoms with Gasteiger partial charge in [0, 0.05) is 6.42 Å². The molecule has 2 aromatic rings. The third kappa shape index (κ3) is 9.86. The van der Waals surface area contributed by atoms with Crippen LogP contribution >= 0.6 is 7.94 Å². The summed E-state index contributed by atoms with van der Waals surface area (Å²) in [5, 5.41) is 8.80. The Kier molecular flexibility index (Phi) is 10.5. The molecular formula is C23H31BO5P+. The summed E-state index contributed by atoms with van der Waals surface area (Å²) in [6.07, 6.45) is 2.32. The Bertz CT molecular complexity index is 700. The summed E-state index contributed by atoms with van der Waals surface area (Å²) in [5.74, 6) is -0.777. The van der Waals surface area contributed by atoms with Crippen molar-refractivity contribution in [1.29, 1.82) is 0 Å². The van der Waals surface area contributed by atoms with Gasteiger partial charge >= 0.3 is 13.9 Å². The van der Waals surface area contributed by atoms with E-state index >= 15 is 0 Å². The highest BCUT2D eigenvalue weighted by Crippen LogP contribution is 2.59. The third-order valence-corrected chi connectivity index (χ3v) is 6.78. The van der Waals surface area contributed by atoms with Crippen molar-refractivity contribution >= 4 is 21.8 Å². The van der Waals surface area contributed by atoms with Crippen LogP contribution in [0.5, 0.6) is 0 Å². The zero-order chi connectivity index (χ0) is 21.8. The lowest BCUT2D eigenvalue weighted by molar-refractivity contribution is -0.137. The largest absolute Gasteiger partial charge is 0.481 e. The van der Waals surface area contributed by atoms with Crippen molar-refractivity contribution in [2.24, 2.45) is 5.92 Å². The van der Waals surface area contributed by atoms with Crippen LogP contribution in [0.2, 0.25) is 5.82 Å².